The fourth-order valence-corrected chi connectivity index (χ4v) is 4.89. The molecule has 2 saturated carbocycles. The first-order chi connectivity index (χ1) is 14.1. The van der Waals surface area contributed by atoms with E-state index in [1.54, 1.807) is 0 Å². The van der Waals surface area contributed by atoms with Gasteiger partial charge in [-0.05, 0) is 52.0 Å². The van der Waals surface area contributed by atoms with E-state index in [4.69, 9.17) is 10.6 Å². The van der Waals surface area contributed by atoms with E-state index >= 15 is 0 Å². The van der Waals surface area contributed by atoms with Crippen LogP contribution in [0, 0.1) is 23.2 Å². The summed E-state index contributed by atoms with van der Waals surface area (Å²) in [5.74, 6) is -6.99. The van der Waals surface area contributed by atoms with Crippen LogP contribution in [0.4, 0.5) is 8.78 Å². The van der Waals surface area contributed by atoms with E-state index in [-0.39, 0.29) is 5.71 Å². The molecule has 8 nitrogen and oxygen atoms in total. The van der Waals surface area contributed by atoms with Gasteiger partial charge in [0.05, 0.1) is 17.9 Å². The molecule has 0 bridgehead atoms. The molecule has 164 valence electrons. The number of piperidine rings is 1. The van der Waals surface area contributed by atoms with Crippen LogP contribution in [0.1, 0.15) is 51.9 Å². The average Bonchev–Trinajstić information content (AvgIpc) is 3.58. The van der Waals surface area contributed by atoms with Gasteiger partial charge in [0.2, 0.25) is 11.8 Å². The summed E-state index contributed by atoms with van der Waals surface area (Å²) in [7, 11) is 0. The second-order valence-corrected chi connectivity index (χ2v) is 9.34. The molecule has 3 atom stereocenters. The Kier molecular flexibility index (Phi) is 5.00. The summed E-state index contributed by atoms with van der Waals surface area (Å²) < 4.78 is 28.3. The first-order valence-electron chi connectivity index (χ1n) is 10.5. The molecule has 0 aromatic rings. The van der Waals surface area contributed by atoms with Gasteiger partial charge in [0.25, 0.3) is 5.91 Å². The van der Waals surface area contributed by atoms with E-state index in [0.717, 1.165) is 32.7 Å². The van der Waals surface area contributed by atoms with E-state index < -0.39 is 47.1 Å². The van der Waals surface area contributed by atoms with Gasteiger partial charge in [-0.1, -0.05) is 5.16 Å². The third-order valence-electron chi connectivity index (χ3n) is 6.66. The lowest BCUT2D eigenvalue weighted by Crippen LogP contribution is -2.59. The van der Waals surface area contributed by atoms with E-state index in [9.17, 15) is 23.6 Å². The lowest BCUT2D eigenvalue weighted by molar-refractivity contribution is -0.142. The van der Waals surface area contributed by atoms with Gasteiger partial charge in [0.15, 0.2) is 11.3 Å². The number of nitrogens with one attached hydrogen (secondary N) is 1. The predicted octanol–water partition coefficient (Wildman–Crippen LogP) is 1.30. The number of likely N-dealkylation sites (tertiary alicyclic amines) is 1. The number of nitrogens with zero attached hydrogens (tertiary/aromatic N) is 3. The maximum absolute atomic E-state index is 14.2. The second kappa shape index (κ2) is 7.15. The number of amides is 2. The van der Waals surface area contributed by atoms with Crippen LogP contribution < -0.4 is 11.1 Å². The summed E-state index contributed by atoms with van der Waals surface area (Å²) in [5.41, 5.74) is 3.28. The standard InChI is InChI=1S/C20H27F2N5O3/c1-18(21,22)9-13(17(29)25-19(10-23)6-7-19)14-15(16(24)28)26-30-20(14)5-2-8-27(11-20)12-3-4-12/h12-14H,2-9,11H2,1H3,(H2,24,28)(H,25,29)/t13-,14?,20?/m0/s1. The molecule has 4 rings (SSSR count). The third-order valence-corrected chi connectivity index (χ3v) is 6.66. The first kappa shape index (κ1) is 21.0. The Labute approximate surface area is 173 Å². The highest BCUT2D eigenvalue weighted by Crippen LogP contribution is 2.47. The van der Waals surface area contributed by atoms with Crippen molar-refractivity contribution in [3.63, 3.8) is 0 Å². The molecule has 0 aromatic carbocycles. The summed E-state index contributed by atoms with van der Waals surface area (Å²) in [6.45, 7) is 2.00. The van der Waals surface area contributed by atoms with Crippen LogP contribution in [-0.2, 0) is 14.4 Å². The highest BCUT2D eigenvalue weighted by molar-refractivity contribution is 6.40. The van der Waals surface area contributed by atoms with Crippen molar-refractivity contribution in [3.05, 3.63) is 0 Å². The molecule has 0 radical (unpaired) electrons. The summed E-state index contributed by atoms with van der Waals surface area (Å²) in [4.78, 5) is 33.3. The normalized spacial score (nSPS) is 31.4. The molecule has 30 heavy (non-hydrogen) atoms. The fourth-order valence-electron chi connectivity index (χ4n) is 4.89. The zero-order valence-corrected chi connectivity index (χ0v) is 17.0. The van der Waals surface area contributed by atoms with E-state index in [1.165, 1.54) is 0 Å². The third kappa shape index (κ3) is 4.00. The molecule has 2 amide bonds. The number of halogens is 2. The molecule has 4 aliphatic rings. The number of hydrogen-bond donors (Lipinski definition) is 2. The van der Waals surface area contributed by atoms with Crippen molar-refractivity contribution in [2.45, 2.75) is 75.0 Å². The SMILES string of the molecule is CC(F)(F)C[C@H](C(=O)NC1(C#N)CC1)C1C(C(N)=O)=NOC12CCCN(C1CC1)C2. The summed E-state index contributed by atoms with van der Waals surface area (Å²) in [6.07, 6.45) is 3.52. The number of rotatable bonds is 7. The summed E-state index contributed by atoms with van der Waals surface area (Å²) >= 11 is 0. The smallest absolute Gasteiger partial charge is 0.266 e. The molecule has 1 spiro atoms. The number of carbonyl (C=O) groups is 2. The van der Waals surface area contributed by atoms with E-state index in [2.05, 4.69) is 15.4 Å². The molecule has 3 fully saturated rings. The molecule has 2 heterocycles. The van der Waals surface area contributed by atoms with Crippen LogP contribution in [0.5, 0.6) is 0 Å². The number of nitrogens with two attached hydrogens (primary N) is 1. The Morgan fingerprint density at radius 2 is 2.13 bits per heavy atom. The van der Waals surface area contributed by atoms with Gasteiger partial charge in [0.1, 0.15) is 5.54 Å². The zero-order valence-electron chi connectivity index (χ0n) is 17.0. The molecular weight excluding hydrogens is 396 g/mol. The average molecular weight is 423 g/mol. The van der Waals surface area contributed by atoms with Crippen LogP contribution in [0.3, 0.4) is 0 Å². The van der Waals surface area contributed by atoms with Crippen molar-refractivity contribution in [1.82, 2.24) is 10.2 Å². The number of carbonyl (C=O) groups excluding carboxylic acids is 2. The predicted molar refractivity (Wildman–Crippen MR) is 102 cm³/mol. The lowest BCUT2D eigenvalue weighted by atomic mass is 9.69. The maximum atomic E-state index is 14.2. The van der Waals surface area contributed by atoms with E-state index in [1.807, 2.05) is 6.07 Å². The molecule has 2 aliphatic carbocycles. The van der Waals surface area contributed by atoms with Crippen molar-refractivity contribution in [1.29, 1.82) is 5.26 Å². The molecule has 0 aromatic heterocycles. The molecular formula is C20H27F2N5O3. The van der Waals surface area contributed by atoms with Gasteiger partial charge in [-0.15, -0.1) is 0 Å². The second-order valence-electron chi connectivity index (χ2n) is 9.34. The molecule has 2 unspecified atom stereocenters. The number of hydrogen-bond acceptors (Lipinski definition) is 6. The van der Waals surface area contributed by atoms with Gasteiger partial charge in [-0.25, -0.2) is 8.78 Å². The van der Waals surface area contributed by atoms with Crippen LogP contribution in [0.2, 0.25) is 0 Å². The monoisotopic (exact) mass is 423 g/mol. The number of alkyl halides is 2. The molecule has 10 heteroatoms. The minimum absolute atomic E-state index is 0.168. The minimum atomic E-state index is -3.16. The van der Waals surface area contributed by atoms with Crippen molar-refractivity contribution >= 4 is 17.5 Å². The Bertz CT molecular complexity index is 812. The Balaban J connectivity index is 1.68. The number of nitriles is 1. The van der Waals surface area contributed by atoms with Crippen molar-refractivity contribution in [2.24, 2.45) is 22.7 Å². The highest BCUT2D eigenvalue weighted by Gasteiger charge is 2.60. The van der Waals surface area contributed by atoms with Crippen LogP contribution in [0.15, 0.2) is 5.16 Å². The Morgan fingerprint density at radius 1 is 1.43 bits per heavy atom. The minimum Gasteiger partial charge on any atom is -0.387 e. The van der Waals surface area contributed by atoms with Gasteiger partial charge >= 0.3 is 0 Å². The van der Waals surface area contributed by atoms with Crippen molar-refractivity contribution in [2.75, 3.05) is 13.1 Å². The summed E-state index contributed by atoms with van der Waals surface area (Å²) in [6, 6.07) is 2.46. The maximum Gasteiger partial charge on any atom is 0.266 e. The van der Waals surface area contributed by atoms with Gasteiger partial charge in [-0.3, -0.25) is 14.5 Å². The molecule has 1 saturated heterocycles. The fraction of sp³-hybridized carbons (Fsp3) is 0.800. The van der Waals surface area contributed by atoms with Gasteiger partial charge < -0.3 is 15.9 Å². The molecule has 3 N–H and O–H groups in total. The van der Waals surface area contributed by atoms with Crippen LogP contribution in [-0.4, -0.2) is 58.6 Å². The first-order valence-corrected chi connectivity index (χ1v) is 10.5. The topological polar surface area (TPSA) is 121 Å². The van der Waals surface area contributed by atoms with Crippen LogP contribution in [0.25, 0.3) is 0 Å². The lowest BCUT2D eigenvalue weighted by Gasteiger charge is -2.44. The zero-order chi connectivity index (χ0) is 21.7. The number of oxime groups is 1. The van der Waals surface area contributed by atoms with E-state index in [0.29, 0.717) is 31.8 Å². The quantitative estimate of drug-likeness (QED) is 0.639. The van der Waals surface area contributed by atoms with Crippen molar-refractivity contribution in [3.8, 4) is 6.07 Å². The van der Waals surface area contributed by atoms with Gasteiger partial charge in [-0.2, -0.15) is 5.26 Å². The Morgan fingerprint density at radius 3 is 2.67 bits per heavy atom. The summed E-state index contributed by atoms with van der Waals surface area (Å²) in [5, 5.41) is 15.9. The Hall–Kier alpha value is -2.28. The van der Waals surface area contributed by atoms with Crippen molar-refractivity contribution < 1.29 is 23.2 Å². The number of primary amides is 1. The van der Waals surface area contributed by atoms with Crippen LogP contribution >= 0.6 is 0 Å². The largest absolute Gasteiger partial charge is 0.387 e. The molecule has 2 aliphatic heterocycles. The highest BCUT2D eigenvalue weighted by atomic mass is 19.3. The van der Waals surface area contributed by atoms with Gasteiger partial charge in [0, 0.05) is 19.0 Å².